The van der Waals surface area contributed by atoms with Crippen LogP contribution in [0.5, 0.6) is 0 Å². The van der Waals surface area contributed by atoms with Gasteiger partial charge in [-0.15, -0.1) is 0 Å². The van der Waals surface area contributed by atoms with Crippen molar-refractivity contribution in [2.75, 3.05) is 0 Å². The summed E-state index contributed by atoms with van der Waals surface area (Å²) in [7, 11) is 0. The first-order chi connectivity index (χ1) is 5.88. The zero-order valence-electron chi connectivity index (χ0n) is 6.36. The molecule has 62 valence electrons. The summed E-state index contributed by atoms with van der Waals surface area (Å²) >= 11 is 0. The highest BCUT2D eigenvalue weighted by Crippen LogP contribution is 2.13. The number of hydrazine groups is 2. The van der Waals surface area contributed by atoms with Crippen LogP contribution in [0.2, 0.25) is 0 Å². The summed E-state index contributed by atoms with van der Waals surface area (Å²) in [5, 5.41) is 8.08. The molecule has 0 fully saturated rings. The van der Waals surface area contributed by atoms with E-state index in [0.717, 1.165) is 11.4 Å². The van der Waals surface area contributed by atoms with Gasteiger partial charge in [-0.25, -0.2) is 11.0 Å². The minimum absolute atomic E-state index is 0.856. The van der Waals surface area contributed by atoms with Gasteiger partial charge < -0.3 is 0 Å². The van der Waals surface area contributed by atoms with Crippen LogP contribution in [0.1, 0.15) is 5.69 Å². The third kappa shape index (κ3) is 1.06. The fraction of sp³-hybridized carbons (Fsp3) is 0. The quantitative estimate of drug-likeness (QED) is 0.508. The van der Waals surface area contributed by atoms with E-state index in [1.54, 1.807) is 12.4 Å². The number of hydrogen-bond donors (Lipinski definition) is 3. The minimum Gasteiger partial charge on any atom is -0.291 e. The molecule has 0 atom stereocenters. The van der Waals surface area contributed by atoms with Crippen molar-refractivity contribution < 1.29 is 0 Å². The molecule has 0 aromatic carbocycles. The van der Waals surface area contributed by atoms with E-state index in [0.29, 0.717) is 0 Å². The molecule has 0 spiro atoms. The number of H-pyrrole nitrogens is 1. The summed E-state index contributed by atoms with van der Waals surface area (Å²) in [5.74, 6) is 5.63. The van der Waals surface area contributed by atoms with Crippen molar-refractivity contribution in [2.45, 2.75) is 0 Å². The Morgan fingerprint density at radius 2 is 2.42 bits per heavy atom. The Labute approximate surface area is 69.5 Å². The van der Waals surface area contributed by atoms with Crippen LogP contribution in [0.15, 0.2) is 30.6 Å². The third-order valence-corrected chi connectivity index (χ3v) is 1.60. The molecule has 2 rings (SSSR count). The first kappa shape index (κ1) is 6.93. The van der Waals surface area contributed by atoms with Gasteiger partial charge in [-0.05, 0) is 18.2 Å². The second kappa shape index (κ2) is 2.71. The third-order valence-electron chi connectivity index (χ3n) is 1.60. The summed E-state index contributed by atoms with van der Waals surface area (Å²) < 4.78 is 0. The van der Waals surface area contributed by atoms with E-state index in [2.05, 4.69) is 15.6 Å². The molecule has 4 N–H and O–H groups in total. The number of allylic oxidation sites excluding steroid dienone is 2. The highest BCUT2D eigenvalue weighted by Gasteiger charge is 2.09. The Bertz CT molecular complexity index is 311. The fourth-order valence-electron chi connectivity index (χ4n) is 1.03. The maximum Gasteiger partial charge on any atom is 0.100 e. The van der Waals surface area contributed by atoms with Gasteiger partial charge in [-0.1, -0.05) is 0 Å². The summed E-state index contributed by atoms with van der Waals surface area (Å²) in [6, 6.07) is 1.85. The molecule has 0 unspecified atom stereocenters. The molecule has 0 bridgehead atoms. The van der Waals surface area contributed by atoms with Gasteiger partial charge in [0.1, 0.15) is 5.70 Å². The number of hydrogen-bond acceptors (Lipinski definition) is 4. The van der Waals surface area contributed by atoms with Gasteiger partial charge in [0.25, 0.3) is 0 Å². The van der Waals surface area contributed by atoms with Gasteiger partial charge >= 0.3 is 0 Å². The van der Waals surface area contributed by atoms with Crippen LogP contribution in [0, 0.1) is 0 Å². The molecule has 0 radical (unpaired) electrons. The highest BCUT2D eigenvalue weighted by atomic mass is 15.7. The monoisotopic (exact) mass is 163 g/mol. The average Bonchev–Trinajstić information content (AvgIpc) is 2.57. The van der Waals surface area contributed by atoms with Crippen LogP contribution in [0.25, 0.3) is 5.70 Å². The van der Waals surface area contributed by atoms with E-state index in [1.807, 2.05) is 18.2 Å². The second-order valence-electron chi connectivity index (χ2n) is 2.38. The molecule has 2 heterocycles. The number of aromatic amines is 1. The number of rotatable bonds is 1. The largest absolute Gasteiger partial charge is 0.291 e. The van der Waals surface area contributed by atoms with Crippen molar-refractivity contribution in [3.8, 4) is 0 Å². The Balaban J connectivity index is 2.34. The van der Waals surface area contributed by atoms with Crippen LogP contribution >= 0.6 is 0 Å². The highest BCUT2D eigenvalue weighted by molar-refractivity contribution is 5.62. The molecule has 1 aliphatic rings. The topological polar surface area (TPSA) is 70.0 Å². The minimum atomic E-state index is 0.856. The van der Waals surface area contributed by atoms with E-state index in [4.69, 9.17) is 5.84 Å². The molecule has 1 aromatic rings. The van der Waals surface area contributed by atoms with E-state index in [1.165, 1.54) is 5.12 Å². The van der Waals surface area contributed by atoms with E-state index < -0.39 is 0 Å². The summed E-state index contributed by atoms with van der Waals surface area (Å²) in [4.78, 5) is 0. The lowest BCUT2D eigenvalue weighted by molar-refractivity contribution is 0.346. The molecular formula is C7H9N5. The van der Waals surface area contributed by atoms with Gasteiger partial charge in [-0.2, -0.15) is 5.10 Å². The molecule has 0 saturated carbocycles. The summed E-state index contributed by atoms with van der Waals surface area (Å²) in [5.41, 5.74) is 4.57. The molecule has 0 aliphatic carbocycles. The SMILES string of the molecule is NN1NC=CC=C1c1ccn[nH]1. The average molecular weight is 163 g/mol. The van der Waals surface area contributed by atoms with Gasteiger partial charge in [0.05, 0.1) is 5.69 Å². The normalized spacial score (nSPS) is 15.8. The van der Waals surface area contributed by atoms with Gasteiger partial charge in [0, 0.05) is 12.4 Å². The zero-order chi connectivity index (χ0) is 8.39. The van der Waals surface area contributed by atoms with Crippen molar-refractivity contribution in [2.24, 2.45) is 5.84 Å². The maximum absolute atomic E-state index is 5.63. The number of aromatic nitrogens is 2. The fourth-order valence-corrected chi connectivity index (χ4v) is 1.03. The lowest BCUT2D eigenvalue weighted by Crippen LogP contribution is -2.40. The van der Waals surface area contributed by atoms with Crippen molar-refractivity contribution in [3.05, 3.63) is 36.3 Å². The van der Waals surface area contributed by atoms with Crippen molar-refractivity contribution in [1.82, 2.24) is 20.7 Å². The lowest BCUT2D eigenvalue weighted by atomic mass is 10.3. The van der Waals surface area contributed by atoms with Crippen LogP contribution in [-0.2, 0) is 0 Å². The van der Waals surface area contributed by atoms with E-state index in [9.17, 15) is 0 Å². The van der Waals surface area contributed by atoms with Gasteiger partial charge in [0.2, 0.25) is 0 Å². The first-order valence-corrected chi connectivity index (χ1v) is 3.55. The lowest BCUT2D eigenvalue weighted by Gasteiger charge is -2.22. The predicted octanol–water partition coefficient (Wildman–Crippen LogP) is -0.0418. The second-order valence-corrected chi connectivity index (χ2v) is 2.38. The van der Waals surface area contributed by atoms with E-state index >= 15 is 0 Å². The molecule has 1 aliphatic heterocycles. The Morgan fingerprint density at radius 3 is 3.08 bits per heavy atom. The Morgan fingerprint density at radius 1 is 1.50 bits per heavy atom. The van der Waals surface area contributed by atoms with Crippen molar-refractivity contribution in [1.29, 1.82) is 0 Å². The maximum atomic E-state index is 5.63. The van der Waals surface area contributed by atoms with Crippen molar-refractivity contribution in [3.63, 3.8) is 0 Å². The van der Waals surface area contributed by atoms with Gasteiger partial charge in [-0.3, -0.25) is 10.5 Å². The number of nitrogens with zero attached hydrogens (tertiary/aromatic N) is 2. The van der Waals surface area contributed by atoms with Crippen molar-refractivity contribution >= 4 is 5.70 Å². The Hall–Kier alpha value is -1.75. The molecule has 1 aromatic heterocycles. The molecular weight excluding hydrogens is 154 g/mol. The standard InChI is InChI=1S/C7H9N5/c8-12-7(2-1-4-10-12)6-3-5-9-11-6/h1-5,10H,8H2,(H,9,11). The van der Waals surface area contributed by atoms with Gasteiger partial charge in [0.15, 0.2) is 0 Å². The van der Waals surface area contributed by atoms with E-state index in [-0.39, 0.29) is 0 Å². The molecule has 12 heavy (non-hydrogen) atoms. The Kier molecular flexibility index (Phi) is 1.56. The van der Waals surface area contributed by atoms with Crippen LogP contribution < -0.4 is 11.3 Å². The molecule has 0 saturated heterocycles. The predicted molar refractivity (Wildman–Crippen MR) is 44.9 cm³/mol. The van der Waals surface area contributed by atoms with Crippen LogP contribution in [0.4, 0.5) is 0 Å². The smallest absolute Gasteiger partial charge is 0.100 e. The summed E-state index contributed by atoms with van der Waals surface area (Å²) in [6.07, 6.45) is 7.20. The van der Waals surface area contributed by atoms with Crippen LogP contribution in [-0.4, -0.2) is 15.3 Å². The first-order valence-electron chi connectivity index (χ1n) is 3.55. The molecule has 0 amide bonds. The summed E-state index contributed by atoms with van der Waals surface area (Å²) in [6.45, 7) is 0. The zero-order valence-corrected chi connectivity index (χ0v) is 6.36. The van der Waals surface area contributed by atoms with Crippen LogP contribution in [0.3, 0.4) is 0 Å². The molecule has 5 nitrogen and oxygen atoms in total. The number of nitrogens with one attached hydrogen (secondary N) is 2. The molecule has 5 heteroatoms. The number of nitrogens with two attached hydrogens (primary N) is 1.